The Balaban J connectivity index is 0.000000377. The van der Waals surface area contributed by atoms with Crippen molar-refractivity contribution >= 4 is 11.4 Å². The molecule has 0 spiro atoms. The summed E-state index contributed by atoms with van der Waals surface area (Å²) in [6.07, 6.45) is 1.14. The number of hydrogen-bond acceptors (Lipinski definition) is 2. The highest BCUT2D eigenvalue weighted by Crippen LogP contribution is 2.36. The van der Waals surface area contributed by atoms with Gasteiger partial charge in [-0.1, -0.05) is 32.9 Å². The Morgan fingerprint density at radius 1 is 1.35 bits per heavy atom. The third kappa shape index (κ3) is 6.25. The third-order valence-electron chi connectivity index (χ3n) is 3.17. The van der Waals surface area contributed by atoms with E-state index >= 15 is 0 Å². The van der Waals surface area contributed by atoms with Gasteiger partial charge in [-0.3, -0.25) is 0 Å². The zero-order valence-corrected chi connectivity index (χ0v) is 13.2. The molecule has 0 amide bonds. The summed E-state index contributed by atoms with van der Waals surface area (Å²) in [6.45, 7) is 16.0. The third-order valence-corrected chi connectivity index (χ3v) is 3.17. The molecule has 2 rings (SSSR count). The van der Waals surface area contributed by atoms with Crippen LogP contribution in [-0.4, -0.2) is 13.6 Å². The molecule has 0 aliphatic heterocycles. The quantitative estimate of drug-likeness (QED) is 0.717. The Labute approximate surface area is 123 Å². The molecule has 0 radical (unpaired) electrons. The molecule has 0 N–H and O–H groups in total. The molecule has 108 valence electrons. The van der Waals surface area contributed by atoms with Crippen LogP contribution in [0.3, 0.4) is 0 Å². The lowest BCUT2D eigenvalue weighted by Crippen LogP contribution is -2.15. The molecule has 3 heteroatoms. The zero-order chi connectivity index (χ0) is 15.5. The predicted molar refractivity (Wildman–Crippen MR) is 85.9 cm³/mol. The Bertz CT molecular complexity index is 451. The first-order chi connectivity index (χ1) is 9.62. The van der Waals surface area contributed by atoms with E-state index in [1.807, 2.05) is 45.2 Å². The lowest BCUT2D eigenvalue weighted by atomic mass is 10.2. The molecular formula is C17H25N3. The van der Waals surface area contributed by atoms with Gasteiger partial charge in [0.15, 0.2) is 5.69 Å². The van der Waals surface area contributed by atoms with Gasteiger partial charge in [0, 0.05) is 25.2 Å². The summed E-state index contributed by atoms with van der Waals surface area (Å²) in [5, 5.41) is 8.13. The van der Waals surface area contributed by atoms with E-state index in [1.54, 1.807) is 0 Å². The topological polar surface area (TPSA) is 31.4 Å². The van der Waals surface area contributed by atoms with Crippen LogP contribution in [0.1, 0.15) is 34.1 Å². The van der Waals surface area contributed by atoms with Crippen molar-refractivity contribution in [2.24, 2.45) is 11.8 Å². The summed E-state index contributed by atoms with van der Waals surface area (Å²) in [5.41, 5.74) is 1.85. The van der Waals surface area contributed by atoms with Crippen LogP contribution in [0, 0.1) is 29.7 Å². The fraction of sp³-hybridized carbons (Fsp3) is 0.529. The molecule has 3 nitrogen and oxygen atoms in total. The summed E-state index contributed by atoms with van der Waals surface area (Å²) in [6, 6.07) is 9.81. The number of anilines is 1. The fourth-order valence-electron chi connectivity index (χ4n) is 1.47. The van der Waals surface area contributed by atoms with Gasteiger partial charge in [0.2, 0.25) is 0 Å². The summed E-state index contributed by atoms with van der Waals surface area (Å²) in [7, 11) is 2.03. The second kappa shape index (κ2) is 9.87. The van der Waals surface area contributed by atoms with Gasteiger partial charge in [-0.05, 0) is 31.4 Å². The largest absolute Gasteiger partial charge is 0.375 e. The Hall–Kier alpha value is -2.00. The molecule has 2 unspecified atom stereocenters. The summed E-state index contributed by atoms with van der Waals surface area (Å²) >= 11 is 0. The molecule has 0 bridgehead atoms. The van der Waals surface area contributed by atoms with E-state index in [9.17, 15) is 0 Å². The maximum absolute atomic E-state index is 8.13. The minimum atomic E-state index is 0.407. The highest BCUT2D eigenvalue weighted by molar-refractivity contribution is 5.55. The Kier molecular flexibility index (Phi) is 8.88. The van der Waals surface area contributed by atoms with Crippen LogP contribution in [-0.2, 0) is 0 Å². The van der Waals surface area contributed by atoms with Crippen molar-refractivity contribution < 1.29 is 0 Å². The first kappa shape index (κ1) is 18.0. The molecule has 0 aromatic heterocycles. The van der Waals surface area contributed by atoms with Crippen LogP contribution in [0.25, 0.3) is 4.85 Å². The van der Waals surface area contributed by atoms with Crippen molar-refractivity contribution in [1.29, 1.82) is 5.26 Å². The van der Waals surface area contributed by atoms with Crippen LogP contribution in [0.4, 0.5) is 11.4 Å². The van der Waals surface area contributed by atoms with E-state index in [0.29, 0.717) is 17.5 Å². The van der Waals surface area contributed by atoms with Gasteiger partial charge in [0.05, 0.1) is 12.6 Å². The molecule has 1 aliphatic carbocycles. The van der Waals surface area contributed by atoms with E-state index in [-0.39, 0.29) is 0 Å². The normalized spacial score (nSPS) is 18.1. The second-order valence-corrected chi connectivity index (χ2v) is 4.59. The number of nitriles is 1. The van der Waals surface area contributed by atoms with E-state index in [1.165, 1.54) is 0 Å². The van der Waals surface area contributed by atoms with E-state index in [2.05, 4.69) is 29.7 Å². The van der Waals surface area contributed by atoms with Gasteiger partial charge < -0.3 is 4.90 Å². The van der Waals surface area contributed by atoms with Gasteiger partial charge in [0.25, 0.3) is 0 Å². The standard InChI is InChI=1S/C10H12N2.C5H7N.C2H6/c1-4-12(3)10-7-5-9(11-2)6-8-10;1-4-2-5(4)3-6;1-2/h5-8H,4H2,1,3H3;4-5H,2H2,1H3;1-2H3. The molecule has 1 fully saturated rings. The second-order valence-electron chi connectivity index (χ2n) is 4.59. The number of rotatable bonds is 2. The molecule has 1 saturated carbocycles. The molecule has 0 saturated heterocycles. The van der Waals surface area contributed by atoms with Crippen molar-refractivity contribution in [2.75, 3.05) is 18.5 Å². The number of nitrogens with zero attached hydrogens (tertiary/aromatic N) is 3. The minimum absolute atomic E-state index is 0.407. The maximum Gasteiger partial charge on any atom is 0.187 e. The first-order valence-corrected chi connectivity index (χ1v) is 7.20. The lowest BCUT2D eigenvalue weighted by molar-refractivity contribution is 0.908. The zero-order valence-electron chi connectivity index (χ0n) is 13.2. The van der Waals surface area contributed by atoms with Crippen LogP contribution < -0.4 is 4.90 Å². The van der Waals surface area contributed by atoms with Gasteiger partial charge >= 0.3 is 0 Å². The molecular weight excluding hydrogens is 246 g/mol. The first-order valence-electron chi connectivity index (χ1n) is 7.20. The highest BCUT2D eigenvalue weighted by Gasteiger charge is 2.31. The van der Waals surface area contributed by atoms with Crippen molar-refractivity contribution in [3.05, 3.63) is 35.7 Å². The molecule has 20 heavy (non-hydrogen) atoms. The maximum atomic E-state index is 8.13. The van der Waals surface area contributed by atoms with Crippen LogP contribution in [0.5, 0.6) is 0 Å². The minimum Gasteiger partial charge on any atom is -0.375 e. The highest BCUT2D eigenvalue weighted by atomic mass is 15.1. The predicted octanol–water partition coefficient (Wildman–Crippen LogP) is 4.89. The summed E-state index contributed by atoms with van der Waals surface area (Å²) < 4.78 is 0. The van der Waals surface area contributed by atoms with Crippen LogP contribution in [0.15, 0.2) is 24.3 Å². The van der Waals surface area contributed by atoms with Crippen molar-refractivity contribution in [3.8, 4) is 6.07 Å². The lowest BCUT2D eigenvalue weighted by Gasteiger charge is -2.16. The van der Waals surface area contributed by atoms with Gasteiger partial charge in [0.1, 0.15) is 0 Å². The molecule has 1 aromatic carbocycles. The van der Waals surface area contributed by atoms with Gasteiger partial charge in [-0.15, -0.1) is 0 Å². The fourth-order valence-corrected chi connectivity index (χ4v) is 1.47. The smallest absolute Gasteiger partial charge is 0.187 e. The number of hydrogen-bond donors (Lipinski definition) is 0. The molecule has 0 heterocycles. The SMILES string of the molecule is CC.CC1CC1C#N.[C-]#[N+]c1ccc(N(C)CC)cc1. The average molecular weight is 271 g/mol. The van der Waals surface area contributed by atoms with Crippen molar-refractivity contribution in [3.63, 3.8) is 0 Å². The Morgan fingerprint density at radius 2 is 1.85 bits per heavy atom. The average Bonchev–Trinajstić information content (AvgIpc) is 3.25. The molecule has 1 aromatic rings. The molecule has 1 aliphatic rings. The summed E-state index contributed by atoms with van der Waals surface area (Å²) in [5.74, 6) is 1.11. The number of benzene rings is 1. The van der Waals surface area contributed by atoms with Crippen molar-refractivity contribution in [2.45, 2.75) is 34.1 Å². The summed E-state index contributed by atoms with van der Waals surface area (Å²) in [4.78, 5) is 5.46. The molecule has 2 atom stereocenters. The van der Waals surface area contributed by atoms with Crippen LogP contribution >= 0.6 is 0 Å². The van der Waals surface area contributed by atoms with Gasteiger partial charge in [-0.25, -0.2) is 4.85 Å². The Morgan fingerprint density at radius 3 is 2.10 bits per heavy atom. The monoisotopic (exact) mass is 271 g/mol. The van der Waals surface area contributed by atoms with E-state index in [4.69, 9.17) is 11.8 Å². The van der Waals surface area contributed by atoms with Crippen LogP contribution in [0.2, 0.25) is 0 Å². The van der Waals surface area contributed by atoms with E-state index in [0.717, 1.165) is 18.7 Å². The van der Waals surface area contributed by atoms with Crippen molar-refractivity contribution in [1.82, 2.24) is 0 Å². The van der Waals surface area contributed by atoms with Gasteiger partial charge in [-0.2, -0.15) is 5.26 Å². The van der Waals surface area contributed by atoms with E-state index < -0.39 is 0 Å².